The quantitative estimate of drug-likeness (QED) is 0.113. The Hall–Kier alpha value is 0.439. The Balaban J connectivity index is 3.71. The Kier molecular flexibility index (Phi) is 18.3. The first-order valence-corrected chi connectivity index (χ1v) is 19.8. The second-order valence-corrected chi connectivity index (χ2v) is 19.8. The van der Waals surface area contributed by atoms with Gasteiger partial charge in [-0.2, -0.15) is 0 Å². The van der Waals surface area contributed by atoms with Crippen molar-refractivity contribution >= 4 is 48.2 Å². The van der Waals surface area contributed by atoms with Crippen LogP contribution in [-0.2, 0) is 19.1 Å². The number of carbonyl (C=O) groups excluding carboxylic acids is 2. The zero-order chi connectivity index (χ0) is 22.1. The molecule has 0 fully saturated rings. The van der Waals surface area contributed by atoms with Gasteiger partial charge in [0.1, 0.15) is 0 Å². The molecule has 0 heterocycles. The molecule has 0 aliphatic carbocycles. The van der Waals surface area contributed by atoms with Crippen LogP contribution >= 0.6 is 17.9 Å². The normalized spacial score (nSPS) is 11.9. The fraction of sp³-hybridized carbons (Fsp3) is 0.909. The second-order valence-electron chi connectivity index (χ2n) is 8.83. The predicted octanol–water partition coefficient (Wildman–Crippen LogP) is 6.28. The summed E-state index contributed by atoms with van der Waals surface area (Å²) in [7, 11) is 3.36. The van der Waals surface area contributed by atoms with Gasteiger partial charge < -0.3 is 0 Å². The van der Waals surface area contributed by atoms with E-state index in [1.54, 1.807) is 17.9 Å². The molecule has 0 rings (SSSR count). The van der Waals surface area contributed by atoms with Gasteiger partial charge in [0, 0.05) is 0 Å². The molecule has 0 aromatic carbocycles. The van der Waals surface area contributed by atoms with Crippen LogP contribution < -0.4 is 0 Å². The maximum atomic E-state index is 12.3. The molecule has 170 valence electrons. The van der Waals surface area contributed by atoms with Gasteiger partial charge in [-0.15, -0.1) is 0 Å². The van der Waals surface area contributed by atoms with E-state index in [0.717, 1.165) is 37.5 Å². The molecule has 0 aliphatic rings. The fourth-order valence-corrected chi connectivity index (χ4v) is 14.2. The average molecular weight is 553 g/mol. The van der Waals surface area contributed by atoms with Crippen molar-refractivity contribution in [2.75, 3.05) is 19.0 Å². The summed E-state index contributed by atoms with van der Waals surface area (Å²) >= 11 is -0.931. The molecule has 0 aromatic rings. The third-order valence-corrected chi connectivity index (χ3v) is 17.0. The molecule has 0 saturated heterocycles. The molecule has 4 nitrogen and oxygen atoms in total. The Labute approximate surface area is 194 Å². The molecule has 2 radical (unpaired) electrons. The Morgan fingerprint density at radius 2 is 1.34 bits per heavy atom. The first-order valence-electron chi connectivity index (χ1n) is 11.0. The maximum absolute atomic E-state index is 12.3. The van der Waals surface area contributed by atoms with Crippen molar-refractivity contribution in [2.45, 2.75) is 97.7 Å². The molecule has 0 saturated carbocycles. The molecule has 0 aromatic heterocycles. The van der Waals surface area contributed by atoms with E-state index in [2.05, 4.69) is 27.7 Å². The standard InChI is InChI=1S/C12H24O2S.C10H20O2S.Sn/c1-10(2)8-6-5-7-9-14-11(13)12(3,4)15;1-9(2)6-4-3-5-7-12-10(11)8-13;/h10,15H,5-9H2,1-4H3;9,13H,3-8H2,1-2H3;/q;;+2/p-2. The van der Waals surface area contributed by atoms with Crippen LogP contribution in [0, 0.1) is 11.8 Å². The van der Waals surface area contributed by atoms with Crippen molar-refractivity contribution in [3.05, 3.63) is 0 Å². The predicted molar refractivity (Wildman–Crippen MR) is 128 cm³/mol. The van der Waals surface area contributed by atoms with Gasteiger partial charge in [-0.25, -0.2) is 0 Å². The van der Waals surface area contributed by atoms with Crippen LogP contribution in [0.2, 0.25) is 0 Å². The number of ether oxygens (including phenoxy) is 2. The zero-order valence-electron chi connectivity index (χ0n) is 19.4. The molecular weight excluding hydrogens is 511 g/mol. The van der Waals surface area contributed by atoms with Crippen molar-refractivity contribution in [1.82, 2.24) is 0 Å². The summed E-state index contributed by atoms with van der Waals surface area (Å²) in [5, 5.41) is 0. The SMILES string of the molecule is CC(C)CCCCCOC(=O)C[S][Sn][S]C(C)(C)C(=O)OCCCCCC(C)C. The number of unbranched alkanes of at least 4 members (excludes halogenated alkanes) is 4. The molecule has 0 bridgehead atoms. The molecule has 29 heavy (non-hydrogen) atoms. The monoisotopic (exact) mass is 554 g/mol. The molecule has 0 unspecified atom stereocenters. The van der Waals surface area contributed by atoms with Crippen molar-refractivity contribution in [3.8, 4) is 0 Å². The Bertz CT molecular complexity index is 443. The summed E-state index contributed by atoms with van der Waals surface area (Å²) in [6, 6.07) is 0. The summed E-state index contributed by atoms with van der Waals surface area (Å²) in [6.45, 7) is 13.8. The van der Waals surface area contributed by atoms with Gasteiger partial charge in [-0.3, -0.25) is 0 Å². The number of hydrogen-bond donors (Lipinski definition) is 0. The van der Waals surface area contributed by atoms with E-state index >= 15 is 0 Å². The third kappa shape index (κ3) is 18.9. The number of rotatable bonds is 18. The topological polar surface area (TPSA) is 52.6 Å². The van der Waals surface area contributed by atoms with E-state index < -0.39 is 23.1 Å². The molecule has 0 amide bonds. The third-order valence-electron chi connectivity index (χ3n) is 4.39. The fourth-order valence-electron chi connectivity index (χ4n) is 2.49. The number of hydrogen-bond acceptors (Lipinski definition) is 6. The second kappa shape index (κ2) is 18.1. The van der Waals surface area contributed by atoms with Crippen molar-refractivity contribution in [1.29, 1.82) is 0 Å². The van der Waals surface area contributed by atoms with E-state index in [1.807, 2.05) is 13.8 Å². The number of carbonyl (C=O) groups is 2. The van der Waals surface area contributed by atoms with E-state index in [9.17, 15) is 9.59 Å². The Morgan fingerprint density at radius 3 is 1.86 bits per heavy atom. The van der Waals surface area contributed by atoms with Crippen LogP contribution in [0.1, 0.15) is 92.9 Å². The van der Waals surface area contributed by atoms with E-state index in [4.69, 9.17) is 9.47 Å². The molecule has 0 N–H and O–H groups in total. The van der Waals surface area contributed by atoms with Gasteiger partial charge in [0.2, 0.25) is 0 Å². The van der Waals surface area contributed by atoms with E-state index in [0.29, 0.717) is 19.0 Å². The van der Waals surface area contributed by atoms with Gasteiger partial charge in [0.15, 0.2) is 0 Å². The minimum absolute atomic E-state index is 0.123. The van der Waals surface area contributed by atoms with Gasteiger partial charge in [-0.05, 0) is 0 Å². The Morgan fingerprint density at radius 1 is 0.828 bits per heavy atom. The summed E-state index contributed by atoms with van der Waals surface area (Å²) < 4.78 is 10.2. The van der Waals surface area contributed by atoms with Gasteiger partial charge in [0.05, 0.1) is 0 Å². The molecule has 0 atom stereocenters. The van der Waals surface area contributed by atoms with Crippen LogP contribution in [0.25, 0.3) is 0 Å². The van der Waals surface area contributed by atoms with Crippen LogP contribution in [0.3, 0.4) is 0 Å². The van der Waals surface area contributed by atoms with Crippen molar-refractivity contribution < 1.29 is 19.1 Å². The average Bonchev–Trinajstić information content (AvgIpc) is 2.63. The van der Waals surface area contributed by atoms with E-state index in [-0.39, 0.29) is 11.9 Å². The first kappa shape index (κ1) is 29.4. The van der Waals surface area contributed by atoms with Crippen molar-refractivity contribution in [3.63, 3.8) is 0 Å². The van der Waals surface area contributed by atoms with Crippen LogP contribution in [-0.4, -0.2) is 54.0 Å². The van der Waals surface area contributed by atoms with Crippen LogP contribution in [0.15, 0.2) is 0 Å². The summed E-state index contributed by atoms with van der Waals surface area (Å²) in [5.41, 5.74) is 0. The van der Waals surface area contributed by atoms with E-state index in [1.165, 1.54) is 25.7 Å². The first-order chi connectivity index (χ1) is 13.6. The molecule has 0 aliphatic heterocycles. The van der Waals surface area contributed by atoms with Gasteiger partial charge in [0.25, 0.3) is 0 Å². The number of esters is 2. The van der Waals surface area contributed by atoms with Gasteiger partial charge in [-0.1, -0.05) is 0 Å². The summed E-state index contributed by atoms with van der Waals surface area (Å²) in [6.07, 6.45) is 9.02. The molecule has 0 spiro atoms. The van der Waals surface area contributed by atoms with Crippen LogP contribution in [0.4, 0.5) is 0 Å². The summed E-state index contributed by atoms with van der Waals surface area (Å²) in [4.78, 5) is 24.1. The van der Waals surface area contributed by atoms with Crippen LogP contribution in [0.5, 0.6) is 0 Å². The van der Waals surface area contributed by atoms with Gasteiger partial charge >= 0.3 is 196 Å². The summed E-state index contributed by atoms with van der Waals surface area (Å²) in [5.74, 6) is 1.64. The molecular formula is C22H42O4S2Sn. The minimum atomic E-state index is -0.931. The van der Waals surface area contributed by atoms with Crippen molar-refractivity contribution in [2.24, 2.45) is 11.8 Å². The zero-order valence-corrected chi connectivity index (χ0v) is 23.9. The molecule has 7 heteroatoms.